The minimum Gasteiger partial charge on any atom is -0.462 e. The third-order valence-corrected chi connectivity index (χ3v) is 8.53. The van der Waals surface area contributed by atoms with Crippen LogP contribution in [0.1, 0.15) is 72.6 Å². The molecule has 3 nitrogen and oxygen atoms in total. The van der Waals surface area contributed by atoms with Crippen molar-refractivity contribution in [3.63, 3.8) is 0 Å². The Balaban J connectivity index is 1.67. The Kier molecular flexibility index (Phi) is 3.94. The predicted octanol–water partition coefficient (Wildman–Crippen LogP) is 4.70. The number of ketones is 1. The van der Waals surface area contributed by atoms with Crippen molar-refractivity contribution in [2.24, 2.45) is 34.5 Å². The molecule has 0 saturated heterocycles. The van der Waals surface area contributed by atoms with Crippen molar-refractivity contribution in [3.05, 3.63) is 11.6 Å². The zero-order valence-electron chi connectivity index (χ0n) is 16.1. The highest BCUT2D eigenvalue weighted by atomic mass is 16.5. The molecule has 0 bridgehead atoms. The Labute approximate surface area is 151 Å². The SMILES string of the molecule is CC(=O)O[C@H]1CCC2C3C(CC[C@@]21C)[C@@]1(C)CCC(=O)C=C1C[C@@H]3C. The summed E-state index contributed by atoms with van der Waals surface area (Å²) in [5.74, 6) is 2.86. The summed E-state index contributed by atoms with van der Waals surface area (Å²) in [5, 5.41) is 0. The predicted molar refractivity (Wildman–Crippen MR) is 96.8 cm³/mol. The first-order valence-electron chi connectivity index (χ1n) is 10.2. The molecule has 3 heteroatoms. The van der Waals surface area contributed by atoms with Gasteiger partial charge in [0.05, 0.1) is 0 Å². The smallest absolute Gasteiger partial charge is 0.302 e. The van der Waals surface area contributed by atoms with Crippen molar-refractivity contribution in [1.29, 1.82) is 0 Å². The third kappa shape index (κ3) is 2.44. The van der Waals surface area contributed by atoms with E-state index in [9.17, 15) is 9.59 Å². The molecule has 0 radical (unpaired) electrons. The maximum atomic E-state index is 12.0. The normalized spacial score (nSPS) is 48.9. The Morgan fingerprint density at radius 2 is 1.92 bits per heavy atom. The van der Waals surface area contributed by atoms with Gasteiger partial charge in [-0.3, -0.25) is 9.59 Å². The fourth-order valence-corrected chi connectivity index (χ4v) is 7.25. The second-order valence-corrected chi connectivity index (χ2v) is 9.75. The molecule has 0 amide bonds. The van der Waals surface area contributed by atoms with Crippen LogP contribution in [0.5, 0.6) is 0 Å². The lowest BCUT2D eigenvalue weighted by Crippen LogP contribution is -2.54. The third-order valence-electron chi connectivity index (χ3n) is 8.53. The monoisotopic (exact) mass is 344 g/mol. The van der Waals surface area contributed by atoms with Gasteiger partial charge in [-0.15, -0.1) is 0 Å². The first-order valence-corrected chi connectivity index (χ1v) is 10.2. The summed E-state index contributed by atoms with van der Waals surface area (Å²) in [6.07, 6.45) is 9.48. The fraction of sp³-hybridized carbons (Fsp3) is 0.818. The summed E-state index contributed by atoms with van der Waals surface area (Å²) in [4.78, 5) is 23.6. The van der Waals surface area contributed by atoms with E-state index < -0.39 is 0 Å². The second kappa shape index (κ2) is 5.69. The van der Waals surface area contributed by atoms with E-state index in [1.807, 2.05) is 6.08 Å². The van der Waals surface area contributed by atoms with Gasteiger partial charge in [-0.25, -0.2) is 0 Å². The Hall–Kier alpha value is -1.12. The number of carbonyl (C=O) groups is 2. The van der Waals surface area contributed by atoms with Crippen molar-refractivity contribution >= 4 is 11.8 Å². The average molecular weight is 344 g/mol. The molecule has 3 fully saturated rings. The van der Waals surface area contributed by atoms with Crippen LogP contribution in [-0.2, 0) is 14.3 Å². The van der Waals surface area contributed by atoms with Gasteiger partial charge in [-0.05, 0) is 73.7 Å². The lowest BCUT2D eigenvalue weighted by molar-refractivity contribution is -0.158. The van der Waals surface area contributed by atoms with Crippen LogP contribution in [0.15, 0.2) is 11.6 Å². The Bertz CT molecular complexity index is 635. The molecule has 25 heavy (non-hydrogen) atoms. The molecule has 0 aromatic carbocycles. The van der Waals surface area contributed by atoms with Crippen molar-refractivity contribution < 1.29 is 14.3 Å². The molecular formula is C22H32O3. The molecule has 4 aliphatic rings. The number of carbonyl (C=O) groups excluding carboxylic acids is 2. The summed E-state index contributed by atoms with van der Waals surface area (Å²) in [5.41, 5.74) is 1.78. The number of esters is 1. The van der Waals surface area contributed by atoms with E-state index >= 15 is 0 Å². The molecule has 3 saturated carbocycles. The molecule has 0 heterocycles. The molecular weight excluding hydrogens is 312 g/mol. The summed E-state index contributed by atoms with van der Waals surface area (Å²) in [6.45, 7) is 8.74. The lowest BCUT2D eigenvalue weighted by atomic mass is 9.45. The van der Waals surface area contributed by atoms with E-state index in [0.717, 1.165) is 32.1 Å². The molecule has 138 valence electrons. The molecule has 0 aliphatic heterocycles. The summed E-state index contributed by atoms with van der Waals surface area (Å²) >= 11 is 0. The summed E-state index contributed by atoms with van der Waals surface area (Å²) in [7, 11) is 0. The molecule has 0 N–H and O–H groups in total. The van der Waals surface area contributed by atoms with Gasteiger partial charge in [0.15, 0.2) is 5.78 Å². The Morgan fingerprint density at radius 1 is 1.16 bits per heavy atom. The van der Waals surface area contributed by atoms with Crippen LogP contribution in [-0.4, -0.2) is 17.9 Å². The first-order chi connectivity index (χ1) is 11.8. The zero-order valence-corrected chi connectivity index (χ0v) is 16.1. The minimum atomic E-state index is -0.131. The van der Waals surface area contributed by atoms with E-state index in [0.29, 0.717) is 29.5 Å². The Morgan fingerprint density at radius 3 is 2.64 bits per heavy atom. The number of fused-ring (bicyclic) bond motifs is 5. The van der Waals surface area contributed by atoms with Crippen LogP contribution in [0.4, 0.5) is 0 Å². The van der Waals surface area contributed by atoms with Crippen molar-refractivity contribution in [3.8, 4) is 0 Å². The molecule has 0 aromatic rings. The molecule has 0 spiro atoms. The molecule has 4 rings (SSSR count). The number of ether oxygens (including phenoxy) is 1. The number of rotatable bonds is 1. The van der Waals surface area contributed by atoms with E-state index in [2.05, 4.69) is 20.8 Å². The van der Waals surface area contributed by atoms with Gasteiger partial charge in [-0.2, -0.15) is 0 Å². The minimum absolute atomic E-state index is 0.0980. The topological polar surface area (TPSA) is 43.4 Å². The van der Waals surface area contributed by atoms with Gasteiger partial charge in [0.25, 0.3) is 0 Å². The van der Waals surface area contributed by atoms with Gasteiger partial charge < -0.3 is 4.74 Å². The van der Waals surface area contributed by atoms with Crippen molar-refractivity contribution in [2.45, 2.75) is 78.7 Å². The average Bonchev–Trinajstić information content (AvgIpc) is 2.85. The fourth-order valence-electron chi connectivity index (χ4n) is 7.25. The summed E-state index contributed by atoms with van der Waals surface area (Å²) < 4.78 is 5.75. The van der Waals surface area contributed by atoms with E-state index in [1.54, 1.807) is 6.92 Å². The highest BCUT2D eigenvalue weighted by Crippen LogP contribution is 2.66. The van der Waals surface area contributed by atoms with Crippen LogP contribution in [0.2, 0.25) is 0 Å². The van der Waals surface area contributed by atoms with E-state index in [4.69, 9.17) is 4.74 Å². The zero-order chi connectivity index (χ0) is 18.0. The first kappa shape index (κ1) is 17.3. The van der Waals surface area contributed by atoms with E-state index in [1.165, 1.54) is 18.4 Å². The van der Waals surface area contributed by atoms with Crippen LogP contribution < -0.4 is 0 Å². The largest absolute Gasteiger partial charge is 0.462 e. The van der Waals surface area contributed by atoms with Crippen molar-refractivity contribution in [1.82, 2.24) is 0 Å². The van der Waals surface area contributed by atoms with Gasteiger partial charge in [0.2, 0.25) is 0 Å². The highest BCUT2D eigenvalue weighted by molar-refractivity contribution is 5.91. The van der Waals surface area contributed by atoms with Gasteiger partial charge in [0.1, 0.15) is 6.10 Å². The number of allylic oxidation sites excluding steroid dienone is 1. The molecule has 4 aliphatic carbocycles. The quantitative estimate of drug-likeness (QED) is 0.648. The van der Waals surface area contributed by atoms with Gasteiger partial charge in [-0.1, -0.05) is 26.3 Å². The number of hydrogen-bond acceptors (Lipinski definition) is 3. The highest BCUT2D eigenvalue weighted by Gasteiger charge is 2.61. The maximum Gasteiger partial charge on any atom is 0.302 e. The van der Waals surface area contributed by atoms with Crippen LogP contribution in [0.25, 0.3) is 0 Å². The van der Waals surface area contributed by atoms with Crippen molar-refractivity contribution in [2.75, 3.05) is 0 Å². The van der Waals surface area contributed by atoms with Crippen LogP contribution in [0.3, 0.4) is 0 Å². The van der Waals surface area contributed by atoms with Gasteiger partial charge >= 0.3 is 5.97 Å². The molecule has 7 atom stereocenters. The second-order valence-electron chi connectivity index (χ2n) is 9.75. The number of hydrogen-bond donors (Lipinski definition) is 0. The van der Waals surface area contributed by atoms with Gasteiger partial charge in [0, 0.05) is 18.8 Å². The van der Waals surface area contributed by atoms with Crippen LogP contribution >= 0.6 is 0 Å². The summed E-state index contributed by atoms with van der Waals surface area (Å²) in [6, 6.07) is 0. The van der Waals surface area contributed by atoms with Crippen LogP contribution in [0, 0.1) is 34.5 Å². The molecule has 0 aromatic heterocycles. The lowest BCUT2D eigenvalue weighted by Gasteiger charge is -2.59. The van der Waals surface area contributed by atoms with E-state index in [-0.39, 0.29) is 22.9 Å². The standard InChI is InChI=1S/C22H32O3/c1-13-11-15-12-16(24)7-9-21(15,3)18-8-10-22(4)17(20(13)18)5-6-19(22)25-14(2)23/h12-13,17-20H,5-11H2,1-4H3/t13-,17?,18?,19-,20?,21-,22-/m0/s1. The molecule has 3 unspecified atom stereocenters. The maximum absolute atomic E-state index is 12.0.